The van der Waals surface area contributed by atoms with Gasteiger partial charge in [-0.1, -0.05) is 33.6 Å². The molecule has 20 heavy (non-hydrogen) atoms. The number of nitrogens with zero attached hydrogens (tertiary/aromatic N) is 1. The topological polar surface area (TPSA) is 49.4 Å². The average molecular weight is 305 g/mol. The summed E-state index contributed by atoms with van der Waals surface area (Å²) in [5, 5.41) is 3.20. The van der Waals surface area contributed by atoms with Gasteiger partial charge < -0.3 is 5.32 Å². The Morgan fingerprint density at radius 2 is 1.90 bits per heavy atom. The van der Waals surface area contributed by atoms with Crippen LogP contribution in [0.1, 0.15) is 59.3 Å². The van der Waals surface area contributed by atoms with Crippen LogP contribution in [0.25, 0.3) is 0 Å². The first-order valence-electron chi connectivity index (χ1n) is 8.17. The summed E-state index contributed by atoms with van der Waals surface area (Å²) in [4.78, 5) is 0. The molecule has 0 unspecified atom stereocenters. The van der Waals surface area contributed by atoms with Crippen LogP contribution in [-0.4, -0.2) is 44.2 Å². The summed E-state index contributed by atoms with van der Waals surface area (Å²) in [7, 11) is -3.09. The maximum Gasteiger partial charge on any atom is 0.214 e. The minimum absolute atomic E-state index is 0.262. The van der Waals surface area contributed by atoms with E-state index in [4.69, 9.17) is 0 Å². The van der Waals surface area contributed by atoms with Crippen LogP contribution in [0.5, 0.6) is 0 Å². The third kappa shape index (κ3) is 6.10. The number of rotatable bonds is 10. The molecule has 1 saturated carbocycles. The molecule has 0 aliphatic heterocycles. The maximum atomic E-state index is 12.6. The highest BCUT2D eigenvalue weighted by Crippen LogP contribution is 2.26. The Kier molecular flexibility index (Phi) is 8.07. The molecule has 5 heteroatoms. The number of hydrogen-bond donors (Lipinski definition) is 1. The molecule has 0 spiro atoms. The summed E-state index contributed by atoms with van der Waals surface area (Å²) < 4.78 is 27.0. The summed E-state index contributed by atoms with van der Waals surface area (Å²) >= 11 is 0. The molecule has 0 aromatic carbocycles. The van der Waals surface area contributed by atoms with Crippen molar-refractivity contribution in [3.63, 3.8) is 0 Å². The Morgan fingerprint density at radius 1 is 1.25 bits per heavy atom. The molecule has 1 aliphatic rings. The first-order chi connectivity index (χ1) is 9.47. The van der Waals surface area contributed by atoms with Gasteiger partial charge in [0.1, 0.15) is 0 Å². The number of hydrogen-bond acceptors (Lipinski definition) is 3. The van der Waals surface area contributed by atoms with E-state index in [2.05, 4.69) is 19.2 Å². The molecule has 0 radical (unpaired) electrons. The third-order valence-electron chi connectivity index (χ3n) is 4.02. The lowest BCUT2D eigenvalue weighted by molar-refractivity contribution is 0.304. The quantitative estimate of drug-likeness (QED) is 0.631. The van der Waals surface area contributed by atoms with Crippen molar-refractivity contribution in [2.45, 2.75) is 65.3 Å². The van der Waals surface area contributed by atoms with Gasteiger partial charge in [-0.15, -0.1) is 0 Å². The van der Waals surface area contributed by atoms with Gasteiger partial charge in [0.2, 0.25) is 10.0 Å². The molecule has 0 amide bonds. The first kappa shape index (κ1) is 17.9. The molecule has 0 atom stereocenters. The molecule has 1 N–H and O–H groups in total. The van der Waals surface area contributed by atoms with Gasteiger partial charge in [0.05, 0.1) is 5.75 Å². The van der Waals surface area contributed by atoms with Gasteiger partial charge >= 0.3 is 0 Å². The second-order valence-corrected chi connectivity index (χ2v) is 8.30. The highest BCUT2D eigenvalue weighted by molar-refractivity contribution is 7.89. The van der Waals surface area contributed by atoms with Crippen LogP contribution >= 0.6 is 0 Å². The molecular formula is C15H32N2O2S. The fourth-order valence-electron chi connectivity index (χ4n) is 2.80. The highest BCUT2D eigenvalue weighted by atomic mass is 32.2. The average Bonchev–Trinajstić information content (AvgIpc) is 2.88. The predicted octanol–water partition coefficient (Wildman–Crippen LogP) is 2.61. The molecule has 0 heterocycles. The van der Waals surface area contributed by atoms with Gasteiger partial charge in [-0.25, -0.2) is 8.42 Å². The van der Waals surface area contributed by atoms with Crippen molar-refractivity contribution >= 4 is 10.0 Å². The van der Waals surface area contributed by atoms with Gasteiger partial charge in [-0.2, -0.15) is 4.31 Å². The zero-order valence-electron chi connectivity index (χ0n) is 13.4. The summed E-state index contributed by atoms with van der Waals surface area (Å²) in [6.45, 7) is 8.75. The first-order valence-corrected chi connectivity index (χ1v) is 9.78. The Balaban J connectivity index is 2.59. The van der Waals surface area contributed by atoms with Crippen LogP contribution in [0.4, 0.5) is 0 Å². The lowest BCUT2D eigenvalue weighted by Crippen LogP contribution is -2.41. The molecule has 4 nitrogen and oxygen atoms in total. The van der Waals surface area contributed by atoms with Crippen molar-refractivity contribution in [2.24, 2.45) is 5.92 Å². The Morgan fingerprint density at radius 3 is 2.45 bits per heavy atom. The molecule has 0 bridgehead atoms. The van der Waals surface area contributed by atoms with Gasteiger partial charge in [-0.3, -0.25) is 0 Å². The van der Waals surface area contributed by atoms with Crippen molar-refractivity contribution < 1.29 is 8.42 Å². The van der Waals surface area contributed by atoms with Crippen LogP contribution in [0, 0.1) is 5.92 Å². The minimum Gasteiger partial charge on any atom is -0.317 e. The second kappa shape index (κ2) is 9.00. The smallest absolute Gasteiger partial charge is 0.214 e. The zero-order valence-corrected chi connectivity index (χ0v) is 14.2. The molecular weight excluding hydrogens is 272 g/mol. The summed E-state index contributed by atoms with van der Waals surface area (Å²) in [6.07, 6.45) is 6.12. The van der Waals surface area contributed by atoms with Gasteiger partial charge in [0.15, 0.2) is 0 Å². The monoisotopic (exact) mass is 304 g/mol. The molecule has 120 valence electrons. The van der Waals surface area contributed by atoms with Crippen molar-refractivity contribution in [3.05, 3.63) is 0 Å². The van der Waals surface area contributed by atoms with Gasteiger partial charge in [-0.05, 0) is 44.7 Å². The van der Waals surface area contributed by atoms with E-state index in [0.29, 0.717) is 18.9 Å². The fourth-order valence-corrected chi connectivity index (χ4v) is 4.59. The van der Waals surface area contributed by atoms with E-state index >= 15 is 0 Å². The SMILES string of the molecule is CCNCCCS(=O)(=O)N(CCC(C)C)C1CCCC1. The Bertz CT molecular complexity index is 349. The molecule has 1 aliphatic carbocycles. The normalized spacial score (nSPS) is 17.4. The van der Waals surface area contributed by atoms with Crippen molar-refractivity contribution in [3.8, 4) is 0 Å². The lowest BCUT2D eigenvalue weighted by atomic mass is 10.1. The lowest BCUT2D eigenvalue weighted by Gasteiger charge is -2.28. The molecule has 0 saturated heterocycles. The summed E-state index contributed by atoms with van der Waals surface area (Å²) in [5.41, 5.74) is 0. The standard InChI is InChI=1S/C15H32N2O2S/c1-4-16-11-7-13-20(18,19)17(12-10-14(2)3)15-8-5-6-9-15/h14-16H,4-13H2,1-3H3. The van der Waals surface area contributed by atoms with E-state index in [1.54, 1.807) is 0 Å². The van der Waals surface area contributed by atoms with E-state index < -0.39 is 10.0 Å². The molecule has 1 fully saturated rings. The number of nitrogens with one attached hydrogen (secondary N) is 1. The highest BCUT2D eigenvalue weighted by Gasteiger charge is 2.31. The van der Waals surface area contributed by atoms with E-state index in [-0.39, 0.29) is 11.8 Å². The fraction of sp³-hybridized carbons (Fsp3) is 1.00. The third-order valence-corrected chi connectivity index (χ3v) is 6.02. The van der Waals surface area contributed by atoms with Crippen LogP contribution in [-0.2, 0) is 10.0 Å². The van der Waals surface area contributed by atoms with Gasteiger partial charge in [0.25, 0.3) is 0 Å². The van der Waals surface area contributed by atoms with Crippen LogP contribution in [0.2, 0.25) is 0 Å². The van der Waals surface area contributed by atoms with Crippen molar-refractivity contribution in [1.29, 1.82) is 0 Å². The summed E-state index contributed by atoms with van der Waals surface area (Å²) in [6, 6.07) is 0.262. The summed E-state index contributed by atoms with van der Waals surface area (Å²) in [5.74, 6) is 0.838. The van der Waals surface area contributed by atoms with Gasteiger partial charge in [0, 0.05) is 12.6 Å². The largest absolute Gasteiger partial charge is 0.317 e. The van der Waals surface area contributed by atoms with E-state index in [9.17, 15) is 8.42 Å². The predicted molar refractivity (Wildman–Crippen MR) is 85.4 cm³/mol. The van der Waals surface area contributed by atoms with Crippen LogP contribution in [0.15, 0.2) is 0 Å². The Hall–Kier alpha value is -0.130. The maximum absolute atomic E-state index is 12.6. The minimum atomic E-state index is -3.09. The zero-order chi connectivity index (χ0) is 15.0. The van der Waals surface area contributed by atoms with Crippen LogP contribution in [0.3, 0.4) is 0 Å². The number of sulfonamides is 1. The van der Waals surface area contributed by atoms with Crippen molar-refractivity contribution in [1.82, 2.24) is 9.62 Å². The molecule has 0 aromatic heterocycles. The molecule has 0 aromatic rings. The van der Waals surface area contributed by atoms with Crippen molar-refractivity contribution in [2.75, 3.05) is 25.4 Å². The van der Waals surface area contributed by atoms with Crippen LogP contribution < -0.4 is 5.32 Å². The van der Waals surface area contributed by atoms with E-state index in [1.807, 2.05) is 11.2 Å². The van der Waals surface area contributed by atoms with E-state index in [0.717, 1.165) is 32.4 Å². The van der Waals surface area contributed by atoms with E-state index in [1.165, 1.54) is 12.8 Å². The second-order valence-electron chi connectivity index (χ2n) is 6.25. The Labute approximate surface area is 125 Å². The molecule has 1 rings (SSSR count).